The van der Waals surface area contributed by atoms with E-state index >= 15 is 0 Å². The number of rotatable bonds is 14. The second-order valence-corrected chi connectivity index (χ2v) is 28.2. The number of nitrogens with one attached hydrogen (secondary N) is 7. The first-order chi connectivity index (χ1) is 57.2. The van der Waals surface area contributed by atoms with Crippen LogP contribution in [-0.4, -0.2) is 130 Å². The van der Waals surface area contributed by atoms with E-state index in [0.717, 1.165) is 63.3 Å². The molecule has 118 heavy (non-hydrogen) atoms. The van der Waals surface area contributed by atoms with Gasteiger partial charge >= 0.3 is 0 Å². The van der Waals surface area contributed by atoms with Gasteiger partial charge in [-0.05, 0) is 140 Å². The smallest absolute Gasteiger partial charge is 0.277 e. The molecule has 0 radical (unpaired) electrons. The summed E-state index contributed by atoms with van der Waals surface area (Å²) >= 11 is 5.07. The highest BCUT2D eigenvalue weighted by Gasteiger charge is 2.35. The Kier molecular flexibility index (Phi) is 23.8. The summed E-state index contributed by atoms with van der Waals surface area (Å²) in [7, 11) is 1.00. The average molecular weight is 1600 g/mol. The Morgan fingerprint density at radius 3 is 1.12 bits per heavy atom. The predicted molar refractivity (Wildman–Crippen MR) is 453 cm³/mol. The molecule has 0 fully saturated rings. The van der Waals surface area contributed by atoms with Gasteiger partial charge in [-0.25, -0.2) is 15.0 Å². The van der Waals surface area contributed by atoms with Gasteiger partial charge in [0.2, 0.25) is 0 Å². The highest BCUT2D eigenvalue weighted by Crippen LogP contribution is 2.39. The van der Waals surface area contributed by atoms with E-state index in [4.69, 9.17) is 37.4 Å². The van der Waals surface area contributed by atoms with Crippen molar-refractivity contribution in [3.8, 4) is 34.2 Å². The third kappa shape index (κ3) is 16.8. The summed E-state index contributed by atoms with van der Waals surface area (Å²) in [4.78, 5) is 125. The largest absolute Gasteiger partial charge is 0.400 e. The molecule has 0 aliphatic carbocycles. The molecule has 0 spiro atoms. The number of amides is 5. The summed E-state index contributed by atoms with van der Waals surface area (Å²) in [6.07, 6.45) is 5.07. The Hall–Kier alpha value is -14.9. The Bertz CT molecular complexity index is 6300. The lowest BCUT2D eigenvalue weighted by Crippen LogP contribution is -2.39. The monoisotopic (exact) mass is 1600 g/mol. The van der Waals surface area contributed by atoms with E-state index in [1.165, 1.54) is 12.1 Å². The highest BCUT2D eigenvalue weighted by atomic mass is 35.5. The summed E-state index contributed by atoms with van der Waals surface area (Å²) in [5, 5.41) is 46.2. The van der Waals surface area contributed by atoms with Gasteiger partial charge in [0.15, 0.2) is 17.1 Å². The van der Waals surface area contributed by atoms with Crippen molar-refractivity contribution in [2.45, 2.75) is 60.0 Å². The summed E-state index contributed by atoms with van der Waals surface area (Å²) in [6.45, 7) is 10.2. The van der Waals surface area contributed by atoms with E-state index in [1.54, 1.807) is 101 Å². The van der Waals surface area contributed by atoms with Gasteiger partial charge in [-0.15, -0.1) is 0 Å². The highest BCUT2D eigenvalue weighted by molar-refractivity contribution is 6.67. The number of carbonyl (C=O) groups excluding carboxylic acids is 6. The van der Waals surface area contributed by atoms with Gasteiger partial charge in [0.05, 0.1) is 56.5 Å². The van der Waals surface area contributed by atoms with Crippen molar-refractivity contribution in [2.24, 2.45) is 0 Å². The number of fused-ring (bicyclic) bond motifs is 6. The number of aromatic amines is 3. The van der Waals surface area contributed by atoms with E-state index in [-0.39, 0.29) is 58.7 Å². The number of nitro benzene ring substituents is 2. The van der Waals surface area contributed by atoms with Crippen LogP contribution in [0.15, 0.2) is 237 Å². The second kappa shape index (κ2) is 35.2. The Labute approximate surface area is 679 Å². The molecular formula is C88H79ClN18O11. The molecule has 30 heteroatoms. The van der Waals surface area contributed by atoms with Crippen molar-refractivity contribution in [1.82, 2.24) is 58.7 Å². The predicted octanol–water partition coefficient (Wildman–Crippen LogP) is 15.3. The van der Waals surface area contributed by atoms with Crippen LogP contribution in [0.3, 0.4) is 0 Å². The van der Waals surface area contributed by atoms with Gasteiger partial charge < -0.3 is 70.6 Å². The van der Waals surface area contributed by atoms with Crippen LogP contribution in [0.1, 0.15) is 96.7 Å². The van der Waals surface area contributed by atoms with Gasteiger partial charge in [-0.2, -0.15) is 0 Å². The summed E-state index contributed by atoms with van der Waals surface area (Å²) < 4.78 is 6.03. The Balaban J connectivity index is 0.000000138. The number of non-ortho nitro benzene ring substituents is 2. The van der Waals surface area contributed by atoms with Crippen molar-refractivity contribution in [2.75, 3.05) is 48.4 Å². The summed E-state index contributed by atoms with van der Waals surface area (Å²) in [5.74, 6) is 0.591. The number of nitrogens with zero attached hydrogens (tertiary/aromatic N) is 10. The first-order valence-corrected chi connectivity index (χ1v) is 38.0. The minimum Gasteiger partial charge on any atom is -0.400 e. The van der Waals surface area contributed by atoms with Gasteiger partial charge in [0.1, 0.15) is 28.9 Å². The molecule has 15 aromatic rings. The molecule has 0 atom stereocenters. The number of aliphatic hydroxyl groups is 1. The SMILES string of the molecule is CO.Cc1ccc(NC(=O)c2nc(-c3cccc4c(N)cccc34)n3c2CN(C(=O)c2ccc[nH]2)CC3)cc1.Cc1ccc(NC(=O)c2nc(-c3cccc4c([N+](=O)[O-])cccc34)n3c2CN(C(=O)c2ccc[nH]2)CC3)cc1.Cc1ccc(NC(=O)c2nc(-c3cccc4c([N+](=O)[O-])cccc34)n3c2CNCC3)cc1.O=C(Cl)c1ccc[nH]1. The zero-order valence-electron chi connectivity index (χ0n) is 64.3. The van der Waals surface area contributed by atoms with Gasteiger partial charge in [0.25, 0.3) is 46.2 Å². The fourth-order valence-corrected chi connectivity index (χ4v) is 14.7. The number of nitro groups is 2. The van der Waals surface area contributed by atoms with Crippen molar-refractivity contribution >= 4 is 113 Å². The molecule has 9 aromatic carbocycles. The van der Waals surface area contributed by atoms with E-state index < -0.39 is 16.1 Å². The number of nitrogen functional groups attached to an aromatic ring is 1. The number of halogens is 1. The first kappa shape index (κ1) is 79.7. The number of anilines is 4. The second-order valence-electron chi connectivity index (χ2n) is 27.9. The fraction of sp³-hybridized carbons (Fsp3) is 0.148. The Morgan fingerprint density at radius 1 is 0.415 bits per heavy atom. The van der Waals surface area contributed by atoms with Crippen molar-refractivity contribution in [3.05, 3.63) is 325 Å². The summed E-state index contributed by atoms with van der Waals surface area (Å²) in [5.41, 5.74) is 19.0. The number of hydrogen-bond donors (Lipinski definition) is 9. The van der Waals surface area contributed by atoms with Crippen LogP contribution in [0.4, 0.5) is 34.1 Å². The number of nitrogens with two attached hydrogens (primary N) is 1. The van der Waals surface area contributed by atoms with Crippen LogP contribution >= 0.6 is 11.6 Å². The zero-order valence-corrected chi connectivity index (χ0v) is 65.1. The number of imidazole rings is 3. The molecule has 0 bridgehead atoms. The topological polar surface area (TPSA) is 390 Å². The molecule has 10 N–H and O–H groups in total. The molecule has 3 aliphatic rings. The molecule has 0 saturated carbocycles. The summed E-state index contributed by atoms with van der Waals surface area (Å²) in [6, 6.07) is 65.5. The molecule has 3 aliphatic heterocycles. The normalized spacial score (nSPS) is 12.5. The maximum Gasteiger partial charge on any atom is 0.277 e. The Morgan fingerprint density at radius 2 is 0.754 bits per heavy atom. The van der Waals surface area contributed by atoms with Crippen molar-refractivity contribution in [1.29, 1.82) is 0 Å². The molecule has 594 valence electrons. The van der Waals surface area contributed by atoms with Crippen LogP contribution in [0.25, 0.3) is 66.5 Å². The molecule has 9 heterocycles. The molecule has 6 aromatic heterocycles. The lowest BCUT2D eigenvalue weighted by atomic mass is 10.0. The minimum atomic E-state index is -0.449. The number of aryl methyl sites for hydroxylation is 3. The molecule has 5 amide bonds. The maximum absolute atomic E-state index is 13.5. The quantitative estimate of drug-likeness (QED) is 0.0211. The zero-order chi connectivity index (χ0) is 82.8. The van der Waals surface area contributed by atoms with Gasteiger partial charge in [-0.3, -0.25) is 49.0 Å². The molecule has 18 rings (SSSR count). The number of aliphatic hydroxyl groups excluding tert-OH is 1. The maximum atomic E-state index is 13.5. The van der Waals surface area contributed by atoms with Crippen LogP contribution in [0.5, 0.6) is 0 Å². The van der Waals surface area contributed by atoms with Crippen LogP contribution < -0.4 is 27.0 Å². The standard InChI is InChI=1S/C29H24N6O4.C29H26N6O2.C24H21N5O3.C5H4ClNO.CH4O/c1-18-10-12-19(13-11-18)31-28(36)26-25-17-33(29(37)23-8-4-14-30-23)15-16-34(25)27(32-26)22-7-2-6-21-20(22)5-3-9-24(21)35(38)39;1-18-10-12-19(13-11-18)32-28(36)26-25-17-34(29(37)24-9-4-14-31-24)15-16-35(25)27(33-26)22-7-2-6-21-20(22)5-3-8-23(21)30;1-15-8-10-16(11-9-15)26-24(30)22-21-14-25-12-13-28(21)23(27-22)19-6-2-5-18-17(19)4-3-7-20(18)29(31)32;6-5(8)4-2-1-3-7-4;1-2/h2-14,30H,15-17H2,1H3,(H,31,36);2-14,31H,15-17,30H2,1H3,(H,32,36);2-11,25H,12-14H2,1H3,(H,26,30);1-3,7H;2H,1H3. The number of hydrogen-bond acceptors (Lipinski definition) is 16. The molecular weight excluding hydrogens is 1520 g/mol. The molecule has 0 saturated heterocycles. The minimum absolute atomic E-state index is 0.000156. The average Bonchev–Trinajstić information content (AvgIpc) is 1.60. The van der Waals surface area contributed by atoms with Crippen LogP contribution in [0, 0.1) is 41.0 Å². The van der Waals surface area contributed by atoms with E-state index in [2.05, 4.69) is 40.8 Å². The van der Waals surface area contributed by atoms with E-state index in [9.17, 15) is 49.0 Å². The lowest BCUT2D eigenvalue weighted by molar-refractivity contribution is -0.383. The van der Waals surface area contributed by atoms with Crippen molar-refractivity contribution < 1.29 is 43.7 Å². The number of H-pyrrole nitrogens is 3. The lowest BCUT2D eigenvalue weighted by Gasteiger charge is -2.29. The number of benzene rings is 9. The fourth-order valence-electron chi connectivity index (χ4n) is 14.6. The third-order valence-electron chi connectivity index (χ3n) is 20.4. The van der Waals surface area contributed by atoms with Gasteiger partial charge in [0, 0.05) is 128 Å². The van der Waals surface area contributed by atoms with Gasteiger partial charge in [-0.1, -0.05) is 132 Å². The van der Waals surface area contributed by atoms with Crippen molar-refractivity contribution in [3.63, 3.8) is 0 Å². The third-order valence-corrected chi connectivity index (χ3v) is 20.6. The van der Waals surface area contributed by atoms with E-state index in [1.807, 2.05) is 163 Å². The molecule has 29 nitrogen and oxygen atoms in total. The number of aromatic nitrogens is 9. The first-order valence-electron chi connectivity index (χ1n) is 37.6. The van der Waals surface area contributed by atoms with E-state index in [0.29, 0.717) is 141 Å². The van der Waals surface area contributed by atoms with Crippen LogP contribution in [0.2, 0.25) is 0 Å². The molecule has 0 unspecified atom stereocenters. The van der Waals surface area contributed by atoms with Crippen LogP contribution in [-0.2, 0) is 39.3 Å². The number of carbonyl (C=O) groups is 6.